The van der Waals surface area contributed by atoms with Gasteiger partial charge in [-0.3, -0.25) is 14.4 Å². The molecule has 0 aliphatic carbocycles. The highest BCUT2D eigenvalue weighted by Crippen LogP contribution is 2.26. The standard InChI is InChI=1S/C24H25N5O2/c1-28-15-17(14-25-28)16-29-12-10-18(11-13-29)23(30)26-20-8-6-19(7-9-20)24-27-21-4-2-3-5-22(21)31-24/h2-9,14-15,18H,10-13,16H2,1H3,(H,26,30). The Morgan fingerprint density at radius 1 is 1.13 bits per heavy atom. The summed E-state index contributed by atoms with van der Waals surface area (Å²) in [6.45, 7) is 2.73. The van der Waals surface area contributed by atoms with Crippen molar-refractivity contribution < 1.29 is 9.21 Å². The molecule has 4 aromatic rings. The number of benzene rings is 2. The van der Waals surface area contributed by atoms with E-state index in [4.69, 9.17) is 4.42 Å². The summed E-state index contributed by atoms with van der Waals surface area (Å²) in [7, 11) is 1.93. The first-order valence-corrected chi connectivity index (χ1v) is 10.6. The maximum atomic E-state index is 12.7. The summed E-state index contributed by atoms with van der Waals surface area (Å²) in [5, 5.41) is 7.29. The number of likely N-dealkylation sites (tertiary alicyclic amines) is 1. The number of rotatable bonds is 5. The molecule has 7 heteroatoms. The molecule has 31 heavy (non-hydrogen) atoms. The highest BCUT2D eigenvalue weighted by molar-refractivity contribution is 5.92. The molecule has 3 heterocycles. The molecule has 7 nitrogen and oxygen atoms in total. The van der Waals surface area contributed by atoms with E-state index in [2.05, 4.69) is 20.3 Å². The van der Waals surface area contributed by atoms with E-state index in [0.717, 1.165) is 54.8 Å². The number of oxazole rings is 1. The van der Waals surface area contributed by atoms with Crippen molar-refractivity contribution in [1.29, 1.82) is 0 Å². The summed E-state index contributed by atoms with van der Waals surface area (Å²) < 4.78 is 7.64. The predicted octanol–water partition coefficient (Wildman–Crippen LogP) is 4.08. The molecule has 1 saturated heterocycles. The number of anilines is 1. The monoisotopic (exact) mass is 415 g/mol. The lowest BCUT2D eigenvalue weighted by Crippen LogP contribution is -2.37. The van der Waals surface area contributed by atoms with E-state index in [1.54, 1.807) is 0 Å². The zero-order valence-corrected chi connectivity index (χ0v) is 17.5. The van der Waals surface area contributed by atoms with Gasteiger partial charge in [0.1, 0.15) is 5.52 Å². The summed E-state index contributed by atoms with van der Waals surface area (Å²) in [5.41, 5.74) is 4.50. The summed E-state index contributed by atoms with van der Waals surface area (Å²) in [6.07, 6.45) is 5.69. The molecule has 2 aromatic carbocycles. The fourth-order valence-electron chi connectivity index (χ4n) is 4.10. The van der Waals surface area contributed by atoms with Crippen LogP contribution < -0.4 is 5.32 Å². The van der Waals surface area contributed by atoms with Crippen molar-refractivity contribution >= 4 is 22.7 Å². The molecule has 1 aliphatic rings. The molecule has 0 atom stereocenters. The number of nitrogens with one attached hydrogen (secondary N) is 1. The third-order valence-electron chi connectivity index (χ3n) is 5.82. The highest BCUT2D eigenvalue weighted by Gasteiger charge is 2.25. The van der Waals surface area contributed by atoms with Gasteiger partial charge in [-0.1, -0.05) is 12.1 Å². The van der Waals surface area contributed by atoms with E-state index in [1.807, 2.05) is 72.7 Å². The third kappa shape index (κ3) is 4.36. The number of piperidine rings is 1. The van der Waals surface area contributed by atoms with Gasteiger partial charge in [-0.05, 0) is 62.3 Å². The highest BCUT2D eigenvalue weighted by atomic mass is 16.3. The Balaban J connectivity index is 1.16. The molecule has 5 rings (SSSR count). The number of amides is 1. The van der Waals surface area contributed by atoms with Gasteiger partial charge in [-0.25, -0.2) is 4.98 Å². The lowest BCUT2D eigenvalue weighted by molar-refractivity contribution is -0.121. The van der Waals surface area contributed by atoms with Crippen LogP contribution in [0.4, 0.5) is 5.69 Å². The second-order valence-corrected chi connectivity index (χ2v) is 8.13. The van der Waals surface area contributed by atoms with Crippen LogP contribution in [0.5, 0.6) is 0 Å². The quantitative estimate of drug-likeness (QED) is 0.532. The first-order chi connectivity index (χ1) is 15.1. The lowest BCUT2D eigenvalue weighted by Gasteiger charge is -2.30. The summed E-state index contributed by atoms with van der Waals surface area (Å²) in [6, 6.07) is 15.4. The molecule has 0 spiro atoms. The van der Waals surface area contributed by atoms with E-state index >= 15 is 0 Å². The Hall–Kier alpha value is -3.45. The first kappa shape index (κ1) is 19.5. The molecule has 0 unspecified atom stereocenters. The van der Waals surface area contributed by atoms with Crippen LogP contribution in [-0.2, 0) is 18.4 Å². The Bertz CT molecular complexity index is 1150. The molecule has 1 fully saturated rings. The molecule has 1 N–H and O–H groups in total. The predicted molar refractivity (Wildman–Crippen MR) is 119 cm³/mol. The van der Waals surface area contributed by atoms with Crippen LogP contribution >= 0.6 is 0 Å². The first-order valence-electron chi connectivity index (χ1n) is 10.6. The SMILES string of the molecule is Cn1cc(CN2CCC(C(=O)Nc3ccc(-c4nc5ccccc5o4)cc3)CC2)cn1. The number of hydrogen-bond acceptors (Lipinski definition) is 5. The fourth-order valence-corrected chi connectivity index (χ4v) is 4.10. The molecule has 1 aliphatic heterocycles. The molecular formula is C24H25N5O2. The van der Waals surface area contributed by atoms with Crippen LogP contribution in [-0.4, -0.2) is 38.7 Å². The maximum absolute atomic E-state index is 12.7. The minimum Gasteiger partial charge on any atom is -0.436 e. The minimum atomic E-state index is 0.0434. The number of carbonyl (C=O) groups is 1. The third-order valence-corrected chi connectivity index (χ3v) is 5.82. The molecule has 0 saturated carbocycles. The van der Waals surface area contributed by atoms with Crippen LogP contribution in [0.25, 0.3) is 22.6 Å². The Labute approximate surface area is 180 Å². The maximum Gasteiger partial charge on any atom is 0.227 e. The molecule has 2 aromatic heterocycles. The number of aryl methyl sites for hydroxylation is 1. The molecule has 0 radical (unpaired) electrons. The summed E-state index contributed by atoms with van der Waals surface area (Å²) >= 11 is 0. The van der Waals surface area contributed by atoms with E-state index < -0.39 is 0 Å². The summed E-state index contributed by atoms with van der Waals surface area (Å²) in [5.74, 6) is 0.720. The average molecular weight is 415 g/mol. The fraction of sp³-hybridized carbons (Fsp3) is 0.292. The van der Waals surface area contributed by atoms with E-state index in [-0.39, 0.29) is 11.8 Å². The number of hydrogen-bond donors (Lipinski definition) is 1. The normalized spacial score (nSPS) is 15.4. The molecule has 1 amide bonds. The van der Waals surface area contributed by atoms with E-state index in [1.165, 1.54) is 5.56 Å². The topological polar surface area (TPSA) is 76.2 Å². The molecule has 0 bridgehead atoms. The summed E-state index contributed by atoms with van der Waals surface area (Å²) in [4.78, 5) is 19.6. The van der Waals surface area contributed by atoms with Crippen molar-refractivity contribution in [3.63, 3.8) is 0 Å². The number of nitrogens with zero attached hydrogens (tertiary/aromatic N) is 4. The number of carbonyl (C=O) groups excluding carboxylic acids is 1. The smallest absolute Gasteiger partial charge is 0.227 e. The van der Waals surface area contributed by atoms with Gasteiger partial charge in [-0.15, -0.1) is 0 Å². The van der Waals surface area contributed by atoms with Gasteiger partial charge in [-0.2, -0.15) is 5.10 Å². The van der Waals surface area contributed by atoms with Crippen LogP contribution in [0.2, 0.25) is 0 Å². The van der Waals surface area contributed by atoms with Crippen molar-refractivity contribution in [2.75, 3.05) is 18.4 Å². The van der Waals surface area contributed by atoms with Gasteiger partial charge in [0.2, 0.25) is 11.8 Å². The van der Waals surface area contributed by atoms with Gasteiger partial charge in [0.05, 0.1) is 6.20 Å². The Kier molecular flexibility index (Phi) is 5.26. The van der Waals surface area contributed by atoms with Gasteiger partial charge in [0.25, 0.3) is 0 Å². The lowest BCUT2D eigenvalue weighted by atomic mass is 9.95. The van der Waals surface area contributed by atoms with Gasteiger partial charge < -0.3 is 9.73 Å². The van der Waals surface area contributed by atoms with Crippen LogP contribution in [0, 0.1) is 5.92 Å². The second-order valence-electron chi connectivity index (χ2n) is 8.13. The minimum absolute atomic E-state index is 0.0434. The van der Waals surface area contributed by atoms with Gasteiger partial charge in [0, 0.05) is 42.5 Å². The van der Waals surface area contributed by atoms with Crippen molar-refractivity contribution in [2.45, 2.75) is 19.4 Å². The van der Waals surface area contributed by atoms with Crippen molar-refractivity contribution in [1.82, 2.24) is 19.7 Å². The van der Waals surface area contributed by atoms with Crippen molar-refractivity contribution in [2.24, 2.45) is 13.0 Å². The Morgan fingerprint density at radius 3 is 2.61 bits per heavy atom. The molecular weight excluding hydrogens is 390 g/mol. The van der Waals surface area contributed by atoms with Crippen molar-refractivity contribution in [3.8, 4) is 11.5 Å². The van der Waals surface area contributed by atoms with E-state index in [0.29, 0.717) is 5.89 Å². The van der Waals surface area contributed by atoms with E-state index in [9.17, 15) is 4.79 Å². The zero-order valence-electron chi connectivity index (χ0n) is 17.5. The molecule has 158 valence electrons. The van der Waals surface area contributed by atoms with Crippen LogP contribution in [0.1, 0.15) is 18.4 Å². The second kappa shape index (κ2) is 8.35. The zero-order chi connectivity index (χ0) is 21.2. The van der Waals surface area contributed by atoms with Crippen LogP contribution in [0.15, 0.2) is 65.3 Å². The number of fused-ring (bicyclic) bond motifs is 1. The van der Waals surface area contributed by atoms with Gasteiger partial charge >= 0.3 is 0 Å². The number of aromatic nitrogens is 3. The largest absolute Gasteiger partial charge is 0.436 e. The van der Waals surface area contributed by atoms with Crippen LogP contribution in [0.3, 0.4) is 0 Å². The number of para-hydroxylation sites is 2. The van der Waals surface area contributed by atoms with Crippen molar-refractivity contribution in [3.05, 3.63) is 66.5 Å². The van der Waals surface area contributed by atoms with Gasteiger partial charge in [0.15, 0.2) is 5.58 Å². The Morgan fingerprint density at radius 2 is 1.90 bits per heavy atom. The average Bonchev–Trinajstić information content (AvgIpc) is 3.40.